The minimum Gasteiger partial charge on any atom is -1.00 e. The summed E-state index contributed by atoms with van der Waals surface area (Å²) < 4.78 is 69.5. The lowest BCUT2D eigenvalue weighted by Crippen LogP contribution is -3.00. The average molecular weight is 831 g/mol. The van der Waals surface area contributed by atoms with Crippen LogP contribution in [0.1, 0.15) is 22.3 Å². The predicted octanol–water partition coefficient (Wildman–Crippen LogP) is 2.57. The monoisotopic (exact) mass is 829 g/mol. The van der Waals surface area contributed by atoms with Crippen molar-refractivity contribution in [1.29, 1.82) is 0 Å². The highest BCUT2D eigenvalue weighted by Crippen LogP contribution is 2.44. The predicted molar refractivity (Wildman–Crippen MR) is 192 cm³/mol. The highest BCUT2D eigenvalue weighted by Gasteiger charge is 2.35. The van der Waals surface area contributed by atoms with E-state index in [-0.39, 0.29) is 48.2 Å². The van der Waals surface area contributed by atoms with E-state index in [4.69, 9.17) is 18.9 Å². The van der Waals surface area contributed by atoms with Gasteiger partial charge in [0.2, 0.25) is 12.5 Å². The maximum atomic E-state index is 14.8. The Morgan fingerprint density at radius 3 is 2.20 bits per heavy atom. The van der Waals surface area contributed by atoms with Gasteiger partial charge in [0.15, 0.2) is 35.7 Å². The molecular formula is C40H35BrF3N7O5. The Morgan fingerprint density at radius 2 is 1.55 bits per heavy atom. The van der Waals surface area contributed by atoms with E-state index >= 15 is 0 Å². The van der Waals surface area contributed by atoms with Crippen LogP contribution in [0.5, 0.6) is 23.0 Å². The summed E-state index contributed by atoms with van der Waals surface area (Å²) in [6.45, 7) is 0.877. The second-order valence-electron chi connectivity index (χ2n) is 13.1. The molecule has 5 heterocycles. The van der Waals surface area contributed by atoms with Gasteiger partial charge < -0.3 is 41.0 Å². The molecule has 9 rings (SSSR count). The van der Waals surface area contributed by atoms with Crippen molar-refractivity contribution in [2.75, 3.05) is 21.0 Å². The van der Waals surface area contributed by atoms with Crippen molar-refractivity contribution in [1.82, 2.24) is 29.5 Å². The summed E-state index contributed by atoms with van der Waals surface area (Å²) in [5.41, 5.74) is 3.30. The van der Waals surface area contributed by atoms with Crippen LogP contribution >= 0.6 is 0 Å². The maximum absolute atomic E-state index is 14.8. The Bertz CT molecular complexity index is 2470. The van der Waals surface area contributed by atoms with Crippen molar-refractivity contribution in [2.24, 2.45) is 0 Å². The molecular weight excluding hydrogens is 795 g/mol. The van der Waals surface area contributed by atoms with Crippen LogP contribution in [0.3, 0.4) is 0 Å². The standard InChI is InChI=1S/C27H23FNO4.C13H12F2N6O.BrH/c1-30-23-8-7-18-20(11-17-5-3-4-6-22(17)28)26-19-13-25-24(32-15-33-25)12-16(19)9-10-29(26)14-21(18)27(23)31-2;14-10-1-2-11(12(15)3-10)13(22,4-20-8-16-6-18-20)5-21-9-17-7-19-21;/h3-8,12-14H,9-11,15H2,1-2H3;1-3,6-9,22H,4-5H2;1H/q+1;;/p-1. The SMILES string of the molecule is COc1ccc2c(Cc3ccccc3F)c3[n+](cc2c1OC)CCc1cc2c(cc1-3)OCO2.OC(Cn1cncn1)(Cn1cncn1)c1ccc(F)cc1F.[Br-]. The number of fused-ring (bicyclic) bond motifs is 5. The number of rotatable bonds is 9. The molecule has 3 aromatic heterocycles. The number of aromatic nitrogens is 7. The third kappa shape index (κ3) is 7.36. The second-order valence-corrected chi connectivity index (χ2v) is 13.1. The molecule has 16 heteroatoms. The van der Waals surface area contributed by atoms with E-state index in [1.54, 1.807) is 20.3 Å². The van der Waals surface area contributed by atoms with Gasteiger partial charge in [-0.2, -0.15) is 14.8 Å². The van der Waals surface area contributed by atoms with Gasteiger partial charge in [0, 0.05) is 35.4 Å². The van der Waals surface area contributed by atoms with Gasteiger partial charge in [-0.3, -0.25) is 0 Å². The number of nitrogens with zero attached hydrogens (tertiary/aromatic N) is 7. The molecule has 0 atom stereocenters. The molecule has 0 bridgehead atoms. The Balaban J connectivity index is 0.000000183. The Kier molecular flexibility index (Phi) is 10.9. The third-order valence-electron chi connectivity index (χ3n) is 9.78. The van der Waals surface area contributed by atoms with Crippen molar-refractivity contribution in [3.8, 4) is 34.3 Å². The molecule has 0 spiro atoms. The zero-order valence-electron chi connectivity index (χ0n) is 30.2. The lowest BCUT2D eigenvalue weighted by Gasteiger charge is -2.28. The number of ether oxygens (including phenoxy) is 4. The molecule has 0 unspecified atom stereocenters. The first-order valence-electron chi connectivity index (χ1n) is 17.3. The molecule has 0 aliphatic carbocycles. The summed E-state index contributed by atoms with van der Waals surface area (Å²) in [4.78, 5) is 7.57. The van der Waals surface area contributed by atoms with E-state index in [0.717, 1.165) is 64.2 Å². The van der Waals surface area contributed by atoms with Crippen LogP contribution in [0.25, 0.3) is 22.0 Å². The highest BCUT2D eigenvalue weighted by molar-refractivity contribution is 5.95. The molecule has 1 N–H and O–H groups in total. The number of aryl methyl sites for hydroxylation is 2. The lowest BCUT2D eigenvalue weighted by molar-refractivity contribution is -0.686. The Labute approximate surface area is 329 Å². The first-order valence-corrected chi connectivity index (χ1v) is 17.3. The molecule has 2 aliphatic heterocycles. The molecule has 0 amide bonds. The summed E-state index contributed by atoms with van der Waals surface area (Å²) >= 11 is 0. The topological polar surface area (TPSA) is 122 Å². The summed E-state index contributed by atoms with van der Waals surface area (Å²) in [6.07, 6.45) is 8.82. The molecule has 0 saturated heterocycles. The van der Waals surface area contributed by atoms with Crippen LogP contribution < -0.4 is 40.5 Å². The molecule has 288 valence electrons. The van der Waals surface area contributed by atoms with Crippen molar-refractivity contribution >= 4 is 10.8 Å². The summed E-state index contributed by atoms with van der Waals surface area (Å²) in [6, 6.07) is 18.0. The molecule has 2 aliphatic rings. The molecule has 12 nitrogen and oxygen atoms in total. The molecule has 56 heavy (non-hydrogen) atoms. The van der Waals surface area contributed by atoms with E-state index < -0.39 is 17.2 Å². The van der Waals surface area contributed by atoms with Gasteiger partial charge in [0.05, 0.1) is 38.3 Å². The van der Waals surface area contributed by atoms with E-state index in [2.05, 4.69) is 43.1 Å². The van der Waals surface area contributed by atoms with Gasteiger partial charge in [-0.25, -0.2) is 32.5 Å². The van der Waals surface area contributed by atoms with Crippen LogP contribution in [-0.2, 0) is 38.1 Å². The van der Waals surface area contributed by atoms with Crippen LogP contribution in [-0.4, -0.2) is 55.6 Å². The first kappa shape index (κ1) is 38.3. The molecule has 0 radical (unpaired) electrons. The van der Waals surface area contributed by atoms with E-state index in [1.165, 1.54) is 52.4 Å². The fraction of sp³-hybridized carbons (Fsp3) is 0.225. The Morgan fingerprint density at radius 1 is 0.839 bits per heavy atom. The average Bonchev–Trinajstić information content (AvgIpc) is 3.99. The second kappa shape index (κ2) is 16.0. The van der Waals surface area contributed by atoms with Gasteiger partial charge in [-0.15, -0.1) is 0 Å². The van der Waals surface area contributed by atoms with Gasteiger partial charge in [-0.1, -0.05) is 24.3 Å². The third-order valence-corrected chi connectivity index (χ3v) is 9.78. The molecule has 0 fully saturated rings. The van der Waals surface area contributed by atoms with Gasteiger partial charge in [-0.05, 0) is 47.5 Å². The first-order chi connectivity index (χ1) is 26.7. The molecule has 7 aromatic rings. The maximum Gasteiger partial charge on any atom is 0.231 e. The number of benzene rings is 4. The normalized spacial score (nSPS) is 12.6. The fourth-order valence-corrected chi connectivity index (χ4v) is 7.27. The smallest absolute Gasteiger partial charge is 0.231 e. The van der Waals surface area contributed by atoms with Crippen LogP contribution in [0.15, 0.2) is 98.2 Å². The number of methoxy groups -OCH3 is 2. The highest BCUT2D eigenvalue weighted by atomic mass is 79.9. The number of hydrogen-bond acceptors (Lipinski definition) is 9. The van der Waals surface area contributed by atoms with E-state index in [1.807, 2.05) is 24.3 Å². The van der Waals surface area contributed by atoms with Crippen molar-refractivity contribution < 1.29 is 58.8 Å². The summed E-state index contributed by atoms with van der Waals surface area (Å²) in [5.74, 6) is 1.10. The number of halogens is 4. The zero-order chi connectivity index (χ0) is 38.1. The van der Waals surface area contributed by atoms with Crippen molar-refractivity contribution in [2.45, 2.75) is 38.1 Å². The van der Waals surface area contributed by atoms with Crippen LogP contribution in [0.2, 0.25) is 0 Å². The van der Waals surface area contributed by atoms with Crippen molar-refractivity contribution in [3.05, 3.63) is 138 Å². The largest absolute Gasteiger partial charge is 1.00 e. The van der Waals surface area contributed by atoms with Crippen molar-refractivity contribution in [3.63, 3.8) is 0 Å². The minimum atomic E-state index is -1.70. The quantitative estimate of drug-likeness (QED) is 0.219. The summed E-state index contributed by atoms with van der Waals surface area (Å²) in [7, 11) is 3.28. The Hall–Kier alpha value is -6.00. The molecule has 4 aromatic carbocycles. The van der Waals surface area contributed by atoms with Gasteiger partial charge >= 0.3 is 0 Å². The number of aliphatic hydroxyl groups is 1. The lowest BCUT2D eigenvalue weighted by atomic mass is 9.88. The summed E-state index contributed by atoms with van der Waals surface area (Å²) in [5, 5.41) is 20.7. The van der Waals surface area contributed by atoms with Crippen LogP contribution in [0.4, 0.5) is 13.2 Å². The van der Waals surface area contributed by atoms with Gasteiger partial charge in [0.1, 0.15) is 48.4 Å². The number of pyridine rings is 1. The fourth-order valence-electron chi connectivity index (χ4n) is 7.27. The van der Waals surface area contributed by atoms with E-state index in [9.17, 15) is 18.3 Å². The van der Waals surface area contributed by atoms with Gasteiger partial charge in [0.25, 0.3) is 0 Å². The number of hydrogen-bond donors (Lipinski definition) is 1. The van der Waals surface area contributed by atoms with Crippen LogP contribution in [0, 0.1) is 17.5 Å². The van der Waals surface area contributed by atoms with E-state index in [0.29, 0.717) is 23.5 Å². The minimum absolute atomic E-state index is 0. The zero-order valence-corrected chi connectivity index (χ0v) is 31.8. The molecule has 0 saturated carbocycles.